The van der Waals surface area contributed by atoms with Gasteiger partial charge in [-0.05, 0) is 55.1 Å². The van der Waals surface area contributed by atoms with Gasteiger partial charge in [-0.2, -0.15) is 0 Å². The third-order valence-corrected chi connectivity index (χ3v) is 8.91. The van der Waals surface area contributed by atoms with Crippen LogP contribution < -0.4 is 4.72 Å². The van der Waals surface area contributed by atoms with Crippen molar-refractivity contribution in [3.63, 3.8) is 0 Å². The standard InChI is InChI=1S/C33H32N4O2S/c38-40(39,29-13-5-2-6-14-29)34-22-26-10-9-21-37(24-26)23-25-17-19-28(20-18-25)33-32(27-11-3-1-4-12-27)35-30-15-7-8-16-31(30)36-33/h1-8,11-20,26,34H,9-10,21-24H2. The van der Waals surface area contributed by atoms with Gasteiger partial charge in [0, 0.05) is 30.8 Å². The lowest BCUT2D eigenvalue weighted by Crippen LogP contribution is -2.40. The van der Waals surface area contributed by atoms with Gasteiger partial charge in [-0.15, -0.1) is 0 Å². The van der Waals surface area contributed by atoms with E-state index in [2.05, 4.69) is 46.0 Å². The lowest BCUT2D eigenvalue weighted by atomic mass is 9.97. The molecule has 0 radical (unpaired) electrons. The van der Waals surface area contributed by atoms with Crippen LogP contribution in [0.5, 0.6) is 0 Å². The minimum atomic E-state index is -3.48. The van der Waals surface area contributed by atoms with Crippen molar-refractivity contribution < 1.29 is 8.42 Å². The van der Waals surface area contributed by atoms with Crippen molar-refractivity contribution in [3.8, 4) is 22.5 Å². The van der Waals surface area contributed by atoms with Crippen molar-refractivity contribution in [2.45, 2.75) is 24.3 Å². The largest absolute Gasteiger partial charge is 0.299 e. The number of fused-ring (bicyclic) bond motifs is 1. The molecule has 202 valence electrons. The molecule has 0 saturated carbocycles. The van der Waals surface area contributed by atoms with Crippen LogP contribution in [0.1, 0.15) is 18.4 Å². The fraction of sp³-hybridized carbons (Fsp3) is 0.212. The van der Waals surface area contributed by atoms with Gasteiger partial charge in [0.1, 0.15) is 0 Å². The van der Waals surface area contributed by atoms with Crippen molar-refractivity contribution in [2.75, 3.05) is 19.6 Å². The Morgan fingerprint density at radius 2 is 1.30 bits per heavy atom. The maximum absolute atomic E-state index is 12.6. The van der Waals surface area contributed by atoms with E-state index in [9.17, 15) is 8.42 Å². The van der Waals surface area contributed by atoms with Crippen LogP contribution in [0, 0.1) is 5.92 Å². The maximum Gasteiger partial charge on any atom is 0.240 e. The molecule has 1 aliphatic rings. The summed E-state index contributed by atoms with van der Waals surface area (Å²) in [6.45, 7) is 3.16. The number of benzene rings is 4. The zero-order valence-electron chi connectivity index (χ0n) is 22.3. The summed E-state index contributed by atoms with van der Waals surface area (Å²) < 4.78 is 28.1. The van der Waals surface area contributed by atoms with E-state index in [1.165, 1.54) is 5.56 Å². The van der Waals surface area contributed by atoms with Crippen LogP contribution in [0.25, 0.3) is 33.5 Å². The number of likely N-dealkylation sites (tertiary alicyclic amines) is 1. The van der Waals surface area contributed by atoms with E-state index in [4.69, 9.17) is 9.97 Å². The van der Waals surface area contributed by atoms with Gasteiger partial charge in [-0.1, -0.05) is 84.9 Å². The van der Waals surface area contributed by atoms with Gasteiger partial charge >= 0.3 is 0 Å². The van der Waals surface area contributed by atoms with Crippen molar-refractivity contribution in [2.24, 2.45) is 5.92 Å². The van der Waals surface area contributed by atoms with Crippen molar-refractivity contribution in [3.05, 3.63) is 115 Å². The van der Waals surface area contributed by atoms with Gasteiger partial charge in [0.25, 0.3) is 0 Å². The third-order valence-electron chi connectivity index (χ3n) is 7.47. The first-order valence-corrected chi connectivity index (χ1v) is 15.2. The number of sulfonamides is 1. The topological polar surface area (TPSA) is 75.2 Å². The Hall–Kier alpha value is -3.91. The highest BCUT2D eigenvalue weighted by Crippen LogP contribution is 2.31. The Balaban J connectivity index is 1.16. The van der Waals surface area contributed by atoms with E-state index < -0.39 is 10.0 Å². The second-order valence-electron chi connectivity index (χ2n) is 10.4. The Morgan fingerprint density at radius 3 is 1.95 bits per heavy atom. The molecule has 0 bridgehead atoms. The van der Waals surface area contributed by atoms with Crippen LogP contribution >= 0.6 is 0 Å². The van der Waals surface area contributed by atoms with E-state index in [-0.39, 0.29) is 5.92 Å². The summed E-state index contributed by atoms with van der Waals surface area (Å²) in [6, 6.07) is 35.4. The van der Waals surface area contributed by atoms with E-state index in [1.807, 2.05) is 48.5 Å². The number of nitrogens with zero attached hydrogens (tertiary/aromatic N) is 3. The quantitative estimate of drug-likeness (QED) is 0.252. The van der Waals surface area contributed by atoms with E-state index in [0.717, 1.165) is 66.0 Å². The van der Waals surface area contributed by atoms with Gasteiger partial charge < -0.3 is 0 Å². The predicted molar refractivity (Wildman–Crippen MR) is 160 cm³/mol. The highest BCUT2D eigenvalue weighted by atomic mass is 32.2. The number of aromatic nitrogens is 2. The smallest absolute Gasteiger partial charge is 0.240 e. The van der Waals surface area contributed by atoms with Crippen molar-refractivity contribution in [1.82, 2.24) is 19.6 Å². The fourth-order valence-corrected chi connectivity index (χ4v) is 6.53. The van der Waals surface area contributed by atoms with Crippen LogP contribution in [0.3, 0.4) is 0 Å². The summed E-state index contributed by atoms with van der Waals surface area (Å²) in [5.41, 5.74) is 6.82. The summed E-state index contributed by atoms with van der Waals surface area (Å²) in [4.78, 5) is 12.7. The molecule has 1 aromatic heterocycles. The molecular formula is C33H32N4O2S. The van der Waals surface area contributed by atoms with Crippen LogP contribution in [0.2, 0.25) is 0 Å². The van der Waals surface area contributed by atoms with Gasteiger partial charge in [0.2, 0.25) is 10.0 Å². The second-order valence-corrected chi connectivity index (χ2v) is 12.1. The predicted octanol–water partition coefficient (Wildman–Crippen LogP) is 6.15. The lowest BCUT2D eigenvalue weighted by Gasteiger charge is -2.32. The monoisotopic (exact) mass is 548 g/mol. The molecule has 1 atom stereocenters. The zero-order chi connectivity index (χ0) is 27.4. The average molecular weight is 549 g/mol. The summed E-state index contributed by atoms with van der Waals surface area (Å²) in [5, 5.41) is 0. The molecule has 0 spiro atoms. The lowest BCUT2D eigenvalue weighted by molar-refractivity contribution is 0.169. The second kappa shape index (κ2) is 11.7. The Kier molecular flexibility index (Phi) is 7.68. The average Bonchev–Trinajstić information content (AvgIpc) is 3.01. The summed E-state index contributed by atoms with van der Waals surface area (Å²) >= 11 is 0. The normalized spacial score (nSPS) is 16.2. The van der Waals surface area contributed by atoms with Gasteiger partial charge in [-0.25, -0.2) is 23.1 Å². The minimum Gasteiger partial charge on any atom is -0.299 e. The minimum absolute atomic E-state index is 0.285. The fourth-order valence-electron chi connectivity index (χ4n) is 5.40. The number of piperidine rings is 1. The first-order valence-electron chi connectivity index (χ1n) is 13.7. The SMILES string of the molecule is O=S(=O)(NCC1CCCN(Cc2ccc(-c3nc4ccccc4nc3-c3ccccc3)cc2)C1)c1ccccc1. The summed E-state index contributed by atoms with van der Waals surface area (Å²) in [6.07, 6.45) is 2.08. The molecule has 1 N–H and O–H groups in total. The van der Waals surface area contributed by atoms with Crippen molar-refractivity contribution >= 4 is 21.1 Å². The number of rotatable bonds is 8. The molecular weight excluding hydrogens is 516 g/mol. The molecule has 6 rings (SSSR count). The first-order chi connectivity index (χ1) is 19.5. The number of para-hydroxylation sites is 2. The number of hydrogen-bond donors (Lipinski definition) is 1. The Morgan fingerprint density at radius 1 is 0.725 bits per heavy atom. The summed E-state index contributed by atoms with van der Waals surface area (Å²) in [5.74, 6) is 0.285. The molecule has 1 aliphatic heterocycles. The molecule has 7 heteroatoms. The van der Waals surface area contributed by atoms with E-state index in [0.29, 0.717) is 11.4 Å². The van der Waals surface area contributed by atoms with Crippen LogP contribution in [0.15, 0.2) is 114 Å². The molecule has 1 unspecified atom stereocenters. The van der Waals surface area contributed by atoms with Gasteiger partial charge in [0.15, 0.2) is 0 Å². The molecule has 2 heterocycles. The van der Waals surface area contributed by atoms with Crippen LogP contribution in [0.4, 0.5) is 0 Å². The van der Waals surface area contributed by atoms with Gasteiger partial charge in [-0.3, -0.25) is 4.90 Å². The Bertz CT molecular complexity index is 1690. The highest BCUT2D eigenvalue weighted by Gasteiger charge is 2.23. The molecule has 0 aliphatic carbocycles. The zero-order valence-corrected chi connectivity index (χ0v) is 23.1. The molecule has 1 saturated heterocycles. The Labute approximate surface area is 235 Å². The number of hydrogen-bond acceptors (Lipinski definition) is 5. The van der Waals surface area contributed by atoms with E-state index >= 15 is 0 Å². The van der Waals surface area contributed by atoms with E-state index in [1.54, 1.807) is 24.3 Å². The first kappa shape index (κ1) is 26.3. The maximum atomic E-state index is 12.6. The molecule has 5 aromatic rings. The van der Waals surface area contributed by atoms with Crippen molar-refractivity contribution in [1.29, 1.82) is 0 Å². The molecule has 1 fully saturated rings. The molecule has 0 amide bonds. The highest BCUT2D eigenvalue weighted by molar-refractivity contribution is 7.89. The van der Waals surface area contributed by atoms with Crippen LogP contribution in [-0.4, -0.2) is 42.9 Å². The molecule has 6 nitrogen and oxygen atoms in total. The van der Waals surface area contributed by atoms with Gasteiger partial charge in [0.05, 0.1) is 27.3 Å². The summed E-state index contributed by atoms with van der Waals surface area (Å²) in [7, 11) is -3.48. The number of nitrogens with one attached hydrogen (secondary N) is 1. The van der Waals surface area contributed by atoms with Crippen LogP contribution in [-0.2, 0) is 16.6 Å². The molecule has 40 heavy (non-hydrogen) atoms. The third kappa shape index (κ3) is 5.97. The molecule has 4 aromatic carbocycles.